The lowest BCUT2D eigenvalue weighted by molar-refractivity contribution is 0.171. The normalized spacial score (nSPS) is 14.3. The van der Waals surface area contributed by atoms with Crippen LogP contribution >= 0.6 is 0 Å². The van der Waals surface area contributed by atoms with Gasteiger partial charge in [-0.05, 0) is 39.0 Å². The molecule has 0 spiro atoms. The fraction of sp³-hybridized carbons (Fsp3) is 0.400. The van der Waals surface area contributed by atoms with Crippen LogP contribution in [0.4, 0.5) is 5.69 Å². The highest BCUT2D eigenvalue weighted by Gasteiger charge is 2.19. The first kappa shape index (κ1) is 12.8. The number of nitrogens with zero attached hydrogens (tertiary/aromatic N) is 2. The summed E-state index contributed by atoms with van der Waals surface area (Å²) in [4.78, 5) is 0. The lowest BCUT2D eigenvalue weighted by atomic mass is 10.1. The zero-order chi connectivity index (χ0) is 14.3. The molecule has 2 heterocycles. The van der Waals surface area contributed by atoms with E-state index < -0.39 is 0 Å². The number of nitrogen functional groups attached to an aromatic ring is 1. The van der Waals surface area contributed by atoms with Gasteiger partial charge in [-0.15, -0.1) is 0 Å². The third-order valence-corrected chi connectivity index (χ3v) is 3.25. The van der Waals surface area contributed by atoms with Crippen LogP contribution in [-0.4, -0.2) is 23.0 Å². The molecule has 0 amide bonds. The van der Waals surface area contributed by atoms with E-state index in [-0.39, 0.29) is 5.54 Å². The van der Waals surface area contributed by atoms with Crippen LogP contribution in [0.15, 0.2) is 24.4 Å². The Labute approximate surface area is 118 Å². The smallest absolute Gasteiger partial charge is 0.162 e. The Bertz CT molecular complexity index is 641. The third-order valence-electron chi connectivity index (χ3n) is 3.25. The number of ether oxygens (including phenoxy) is 2. The van der Waals surface area contributed by atoms with Gasteiger partial charge < -0.3 is 15.2 Å². The van der Waals surface area contributed by atoms with Gasteiger partial charge in [-0.3, -0.25) is 4.68 Å². The molecule has 1 aromatic heterocycles. The molecule has 0 unspecified atom stereocenters. The van der Waals surface area contributed by atoms with Gasteiger partial charge in [0.05, 0.1) is 11.2 Å². The molecule has 5 nitrogen and oxygen atoms in total. The fourth-order valence-corrected chi connectivity index (χ4v) is 2.15. The Kier molecular flexibility index (Phi) is 2.85. The molecule has 2 N–H and O–H groups in total. The second-order valence-corrected chi connectivity index (χ2v) is 5.91. The quantitative estimate of drug-likeness (QED) is 0.867. The number of hydrogen-bond acceptors (Lipinski definition) is 4. The molecular formula is C15H19N3O2. The van der Waals surface area contributed by atoms with E-state index in [4.69, 9.17) is 15.2 Å². The first-order valence-electron chi connectivity index (χ1n) is 6.71. The summed E-state index contributed by atoms with van der Waals surface area (Å²) in [5, 5.41) is 4.60. The minimum absolute atomic E-state index is 0.0970. The van der Waals surface area contributed by atoms with E-state index in [2.05, 4.69) is 25.9 Å². The Morgan fingerprint density at radius 3 is 2.50 bits per heavy atom. The monoisotopic (exact) mass is 273 g/mol. The fourth-order valence-electron chi connectivity index (χ4n) is 2.15. The minimum atomic E-state index is -0.0970. The molecule has 0 saturated heterocycles. The molecule has 0 radical (unpaired) electrons. The van der Waals surface area contributed by atoms with E-state index >= 15 is 0 Å². The third kappa shape index (κ3) is 2.19. The summed E-state index contributed by atoms with van der Waals surface area (Å²) >= 11 is 0. The summed E-state index contributed by atoms with van der Waals surface area (Å²) in [5.74, 6) is 1.52. The molecule has 2 aromatic rings. The van der Waals surface area contributed by atoms with E-state index in [0.29, 0.717) is 18.9 Å². The molecule has 0 saturated carbocycles. The van der Waals surface area contributed by atoms with E-state index in [1.54, 1.807) is 0 Å². The highest BCUT2D eigenvalue weighted by atomic mass is 16.6. The number of rotatable bonds is 1. The maximum Gasteiger partial charge on any atom is 0.162 e. The average Bonchev–Trinajstić information content (AvgIpc) is 2.80. The topological polar surface area (TPSA) is 62.3 Å². The van der Waals surface area contributed by atoms with Crippen molar-refractivity contribution in [1.29, 1.82) is 0 Å². The zero-order valence-corrected chi connectivity index (χ0v) is 12.0. The lowest BCUT2D eigenvalue weighted by Gasteiger charge is -2.19. The molecule has 3 rings (SSSR count). The number of nitrogens with two attached hydrogens (primary N) is 1. The van der Waals surface area contributed by atoms with Gasteiger partial charge in [0.2, 0.25) is 0 Å². The van der Waals surface area contributed by atoms with Crippen molar-refractivity contribution in [3.63, 3.8) is 0 Å². The van der Waals surface area contributed by atoms with Crippen molar-refractivity contribution in [2.45, 2.75) is 26.3 Å². The Morgan fingerprint density at radius 2 is 1.85 bits per heavy atom. The van der Waals surface area contributed by atoms with Crippen LogP contribution in [0.5, 0.6) is 11.5 Å². The molecule has 20 heavy (non-hydrogen) atoms. The first-order chi connectivity index (χ1) is 9.45. The van der Waals surface area contributed by atoms with E-state index in [1.807, 2.05) is 29.1 Å². The summed E-state index contributed by atoms with van der Waals surface area (Å²) in [7, 11) is 0. The van der Waals surface area contributed by atoms with Crippen molar-refractivity contribution in [3.05, 3.63) is 24.4 Å². The largest absolute Gasteiger partial charge is 0.486 e. The Hall–Kier alpha value is -2.17. The number of hydrogen-bond donors (Lipinski definition) is 1. The zero-order valence-electron chi connectivity index (χ0n) is 12.0. The predicted molar refractivity (Wildman–Crippen MR) is 78.1 cm³/mol. The molecule has 5 heteroatoms. The van der Waals surface area contributed by atoms with Gasteiger partial charge in [0.1, 0.15) is 18.9 Å². The second kappa shape index (κ2) is 4.44. The predicted octanol–water partition coefficient (Wildman–Crippen LogP) is 2.66. The van der Waals surface area contributed by atoms with E-state index in [9.17, 15) is 0 Å². The molecular weight excluding hydrogens is 254 g/mol. The van der Waals surface area contributed by atoms with Gasteiger partial charge in [-0.1, -0.05) is 0 Å². The molecule has 1 aliphatic heterocycles. The maximum absolute atomic E-state index is 6.09. The van der Waals surface area contributed by atoms with Gasteiger partial charge in [0, 0.05) is 11.8 Å². The van der Waals surface area contributed by atoms with Crippen molar-refractivity contribution in [1.82, 2.24) is 9.78 Å². The van der Waals surface area contributed by atoms with Crippen molar-refractivity contribution >= 4 is 5.69 Å². The van der Waals surface area contributed by atoms with Gasteiger partial charge >= 0.3 is 0 Å². The van der Waals surface area contributed by atoms with Crippen molar-refractivity contribution < 1.29 is 9.47 Å². The Balaban J connectivity index is 2.03. The highest BCUT2D eigenvalue weighted by Crippen LogP contribution is 2.36. The SMILES string of the molecule is CC(C)(C)n1cc(N)c(-c2ccc3c(c2)OCCO3)n1. The first-order valence-corrected chi connectivity index (χ1v) is 6.71. The van der Waals surface area contributed by atoms with Crippen LogP contribution < -0.4 is 15.2 Å². The summed E-state index contributed by atoms with van der Waals surface area (Å²) in [6.45, 7) is 7.43. The van der Waals surface area contributed by atoms with Crippen molar-refractivity contribution in [3.8, 4) is 22.8 Å². The molecule has 1 aliphatic rings. The van der Waals surface area contributed by atoms with Crippen LogP contribution in [0.3, 0.4) is 0 Å². The van der Waals surface area contributed by atoms with Gasteiger partial charge in [-0.25, -0.2) is 0 Å². The van der Waals surface area contributed by atoms with Crippen LogP contribution in [0.25, 0.3) is 11.3 Å². The molecule has 106 valence electrons. The summed E-state index contributed by atoms with van der Waals surface area (Å²) in [5.41, 5.74) is 8.37. The minimum Gasteiger partial charge on any atom is -0.486 e. The van der Waals surface area contributed by atoms with E-state index in [1.165, 1.54) is 0 Å². The van der Waals surface area contributed by atoms with Gasteiger partial charge in [0.15, 0.2) is 11.5 Å². The number of benzene rings is 1. The van der Waals surface area contributed by atoms with Crippen LogP contribution in [0.1, 0.15) is 20.8 Å². The van der Waals surface area contributed by atoms with E-state index in [0.717, 1.165) is 22.8 Å². The standard InChI is InChI=1S/C15H19N3O2/c1-15(2,3)18-9-11(16)14(17-18)10-4-5-12-13(8-10)20-7-6-19-12/h4-5,8-9H,6-7,16H2,1-3H3. The van der Waals surface area contributed by atoms with Crippen LogP contribution in [0.2, 0.25) is 0 Å². The number of anilines is 1. The number of fused-ring (bicyclic) bond motifs is 1. The molecule has 0 atom stereocenters. The summed E-state index contributed by atoms with van der Waals surface area (Å²) in [6, 6.07) is 5.79. The maximum atomic E-state index is 6.09. The second-order valence-electron chi connectivity index (χ2n) is 5.91. The lowest BCUT2D eigenvalue weighted by Crippen LogP contribution is -2.22. The summed E-state index contributed by atoms with van der Waals surface area (Å²) < 4.78 is 13.0. The van der Waals surface area contributed by atoms with Gasteiger partial charge in [0.25, 0.3) is 0 Å². The van der Waals surface area contributed by atoms with Gasteiger partial charge in [-0.2, -0.15) is 5.10 Å². The molecule has 1 aromatic carbocycles. The number of aromatic nitrogens is 2. The average molecular weight is 273 g/mol. The summed E-state index contributed by atoms with van der Waals surface area (Å²) in [6.07, 6.45) is 1.87. The van der Waals surface area contributed by atoms with Crippen molar-refractivity contribution in [2.24, 2.45) is 0 Å². The Morgan fingerprint density at radius 1 is 1.15 bits per heavy atom. The molecule has 0 fully saturated rings. The van der Waals surface area contributed by atoms with Crippen molar-refractivity contribution in [2.75, 3.05) is 18.9 Å². The molecule has 0 aliphatic carbocycles. The highest BCUT2D eigenvalue weighted by molar-refractivity contribution is 5.74. The molecule has 0 bridgehead atoms. The van der Waals surface area contributed by atoms with Crippen LogP contribution in [0, 0.1) is 0 Å². The van der Waals surface area contributed by atoms with Crippen LogP contribution in [-0.2, 0) is 5.54 Å².